The van der Waals surface area contributed by atoms with Crippen LogP contribution in [-0.2, 0) is 9.13 Å². The topological polar surface area (TPSA) is 139 Å². The molecular weight excluding hydrogens is 588 g/mol. The van der Waals surface area contributed by atoms with Crippen LogP contribution >= 0.6 is 15.6 Å². The normalized spacial score (nSPS) is 21.7. The fourth-order valence-corrected chi connectivity index (χ4v) is 9.28. The number of fused-ring (bicyclic) bond motifs is 18. The van der Waals surface area contributed by atoms with Gasteiger partial charge in [0.1, 0.15) is 19.3 Å². The van der Waals surface area contributed by atoms with Crippen molar-refractivity contribution >= 4 is 37.2 Å². The van der Waals surface area contributed by atoms with Gasteiger partial charge >= 0.3 is 45.5 Å². The molecule has 0 spiro atoms. The molecule has 4 aliphatic carbocycles. The number of hydrogen-bond donors (Lipinski definition) is 2. The Balaban J connectivity index is 0.00000156. The molecule has 0 saturated carbocycles. The number of benzene rings is 5. The van der Waals surface area contributed by atoms with Gasteiger partial charge in [0.15, 0.2) is 0 Å². The van der Waals surface area contributed by atoms with Crippen molar-refractivity contribution in [2.75, 3.05) is 0 Å². The summed E-state index contributed by atoms with van der Waals surface area (Å²) in [5, 5.41) is 4.12. The van der Waals surface area contributed by atoms with Crippen LogP contribution in [0.3, 0.4) is 0 Å². The molecule has 0 saturated heterocycles. The van der Waals surface area contributed by atoms with E-state index < -0.39 is 15.6 Å². The number of phosphoric ester groups is 2. The van der Waals surface area contributed by atoms with Crippen LogP contribution in [0.2, 0.25) is 0 Å². The number of phosphoric acid groups is 2. The summed E-state index contributed by atoms with van der Waals surface area (Å²) in [6.45, 7) is 0. The van der Waals surface area contributed by atoms with Crippen molar-refractivity contribution < 1.29 is 75.5 Å². The summed E-state index contributed by atoms with van der Waals surface area (Å²) in [5.41, 5.74) is 6.04. The Hall–Kier alpha value is -2.29. The van der Waals surface area contributed by atoms with Crippen molar-refractivity contribution in [1.82, 2.24) is 0 Å². The van der Waals surface area contributed by atoms with Crippen molar-refractivity contribution in [3.05, 3.63) is 117 Å². The number of rotatable bonds is 4. The van der Waals surface area contributed by atoms with E-state index >= 15 is 0 Å². The van der Waals surface area contributed by atoms with Crippen molar-refractivity contribution in [3.63, 3.8) is 0 Å². The van der Waals surface area contributed by atoms with Gasteiger partial charge in [-0.2, -0.15) is 0 Å². The third-order valence-electron chi connectivity index (χ3n) is 9.71. The molecule has 0 aliphatic heterocycles. The fraction of sp³-hybridized carbons (Fsp3) is 0.188. The van der Waals surface area contributed by atoms with E-state index in [2.05, 4.69) is 24.3 Å². The Morgan fingerprint density at radius 2 is 0.864 bits per heavy atom. The summed E-state index contributed by atoms with van der Waals surface area (Å²) in [5.74, 6) is -1.11. The third kappa shape index (κ3) is 4.30. The second-order valence-electron chi connectivity index (χ2n) is 11.8. The van der Waals surface area contributed by atoms with E-state index in [1.165, 1.54) is 0 Å². The van der Waals surface area contributed by atoms with Crippen LogP contribution < -0.4 is 56.6 Å². The molecule has 0 amide bonds. The van der Waals surface area contributed by atoms with Crippen molar-refractivity contribution in [1.29, 1.82) is 0 Å². The molecule has 0 fully saturated rings. The molecule has 0 aromatic heterocycles. The summed E-state index contributed by atoms with van der Waals surface area (Å²) in [4.78, 5) is 44.8. The molecule has 2 N–H and O–H groups in total. The van der Waals surface area contributed by atoms with Gasteiger partial charge in [0.25, 0.3) is 0 Å². The van der Waals surface area contributed by atoms with E-state index in [1.54, 1.807) is 0 Å². The van der Waals surface area contributed by atoms with E-state index in [-0.39, 0.29) is 72.9 Å². The van der Waals surface area contributed by atoms with Crippen LogP contribution in [0.25, 0.3) is 21.5 Å². The predicted octanol–water partition coefficient (Wildman–Crippen LogP) is -0.358. The first-order chi connectivity index (χ1) is 20.1. The van der Waals surface area contributed by atoms with Gasteiger partial charge in [0.2, 0.25) is 0 Å². The zero-order valence-corrected chi connectivity index (χ0v) is 25.7. The van der Waals surface area contributed by atoms with E-state index in [4.69, 9.17) is 9.05 Å². The smallest absolute Gasteiger partial charge is 0.780 e. The predicted molar refractivity (Wildman–Crippen MR) is 152 cm³/mol. The molecule has 9 rings (SSSR count). The zero-order chi connectivity index (χ0) is 28.7. The van der Waals surface area contributed by atoms with Crippen molar-refractivity contribution in [2.24, 2.45) is 0 Å². The van der Waals surface area contributed by atoms with Crippen molar-refractivity contribution in [2.45, 2.75) is 36.5 Å². The summed E-state index contributed by atoms with van der Waals surface area (Å²) in [6, 6.07) is 24.2. The molecule has 12 heteroatoms. The minimum Gasteiger partial charge on any atom is -0.780 e. The van der Waals surface area contributed by atoms with Gasteiger partial charge in [-0.15, -0.1) is 0 Å². The molecule has 210 valence electrons. The van der Waals surface area contributed by atoms with Crippen LogP contribution in [0.1, 0.15) is 81.0 Å². The molecule has 0 radical (unpaired) electrons. The van der Waals surface area contributed by atoms with Crippen molar-refractivity contribution in [3.8, 4) is 11.5 Å². The first kappa shape index (κ1) is 30.4. The number of hydrogen-bond acceptors (Lipinski definition) is 6. The minimum atomic E-state index is -5.49. The zero-order valence-electron chi connectivity index (χ0n) is 23.9. The maximum absolute atomic E-state index is 12.5. The Labute approximate surface area is 276 Å². The summed E-state index contributed by atoms with van der Waals surface area (Å²) < 4.78 is 35.7. The molecule has 5 aromatic rings. The summed E-state index contributed by atoms with van der Waals surface area (Å²) in [7, 11) is -10.5. The molecule has 44 heavy (non-hydrogen) atoms. The Bertz CT molecular complexity index is 1880. The molecule has 5 aromatic carbocycles. The van der Waals surface area contributed by atoms with E-state index in [9.17, 15) is 28.7 Å². The van der Waals surface area contributed by atoms with Gasteiger partial charge in [0.05, 0.1) is 0 Å². The minimum absolute atomic E-state index is 0. The Morgan fingerprint density at radius 1 is 0.568 bits per heavy atom. The molecule has 0 unspecified atom stereocenters. The van der Waals surface area contributed by atoms with Crippen LogP contribution in [-0.4, -0.2) is 9.79 Å². The maximum Gasteiger partial charge on any atom is 1.00 e. The first-order valence-electron chi connectivity index (χ1n) is 13.8. The molecule has 8 nitrogen and oxygen atoms in total. The van der Waals surface area contributed by atoms with Gasteiger partial charge in [-0.25, -0.2) is 4.57 Å². The van der Waals surface area contributed by atoms with E-state index in [0.717, 1.165) is 43.8 Å². The van der Waals surface area contributed by atoms with Crippen LogP contribution in [0.5, 0.6) is 11.5 Å². The fourth-order valence-electron chi connectivity index (χ4n) is 8.42. The second-order valence-corrected chi connectivity index (χ2v) is 14.0. The van der Waals surface area contributed by atoms with Gasteiger partial charge < -0.3 is 23.4 Å². The average molecular weight is 610 g/mol. The second kappa shape index (κ2) is 10.1. The largest absolute Gasteiger partial charge is 1.00 e. The third-order valence-corrected chi connectivity index (χ3v) is 10.5. The van der Waals surface area contributed by atoms with E-state index in [1.807, 2.05) is 48.5 Å². The van der Waals surface area contributed by atoms with Gasteiger partial charge in [-0.3, -0.25) is 9.79 Å². The van der Waals surface area contributed by atoms with Crippen LogP contribution in [0.4, 0.5) is 0 Å². The summed E-state index contributed by atoms with van der Waals surface area (Å²) in [6.07, 6.45) is 1.12. The maximum atomic E-state index is 12.5. The summed E-state index contributed by atoms with van der Waals surface area (Å²) >= 11 is 0. The monoisotopic (exact) mass is 610 g/mol. The first-order valence-corrected chi connectivity index (χ1v) is 16.8. The van der Waals surface area contributed by atoms with E-state index in [0.29, 0.717) is 35.1 Å². The molecule has 4 bridgehead atoms. The van der Waals surface area contributed by atoms with Crippen LogP contribution in [0, 0.1) is 0 Å². The quantitative estimate of drug-likeness (QED) is 0.208. The van der Waals surface area contributed by atoms with Gasteiger partial charge in [-0.1, -0.05) is 72.8 Å². The van der Waals surface area contributed by atoms with Gasteiger partial charge in [-0.05, 0) is 56.6 Å². The van der Waals surface area contributed by atoms with Gasteiger partial charge in [0, 0.05) is 45.9 Å². The average Bonchev–Trinajstić information content (AvgIpc) is 3.69. The molecule has 4 aliphatic rings. The molecule has 4 atom stereocenters. The Kier molecular flexibility index (Phi) is 6.98. The molecular formula is C32H22Li2O8P2. The van der Waals surface area contributed by atoms with Crippen LogP contribution in [0.15, 0.2) is 72.8 Å². The standard InChI is InChI=1S/C32H24O8P2.2Li/c33-41(34,35)39-31-27-23-13-24(20-10-16-6-2-1-5-15(16)9-19(20)23)28(27)32(40-42(36,37)38)30-26-14-25(29(30)31)21-11-17-7-3-4-8-18(17)12-22(21)26;;/h1-12,23-26H,13-14H2,(H2,33,34,35)(H2,36,37,38);;/q;2*+1/p-2/t23-,24+,25-,26+;;. The molecule has 0 heterocycles. The SMILES string of the molecule is O=P([O-])([O-])Oc1c2c(c(OP(=O)(O)O)c3c1[C@H]1C[C@@H]3c3cc4ccccc4cc31)[C@@H]1C[C@H]2c2cc3ccccc3cc21.[Li+].[Li+]. The Morgan fingerprint density at radius 3 is 1.14 bits per heavy atom.